The first-order valence-corrected chi connectivity index (χ1v) is 9.05. The molecule has 1 saturated heterocycles. The Morgan fingerprint density at radius 3 is 2.61 bits per heavy atom. The standard InChI is InChI=1S/C20H21F2N5O.H2/c1-13-5-16(10-17(6-13)26-4-3-19(11-26)28-2)24-20-23-12-27(25-20)18-8-14(21)7-15(22)9-18;/h5-10,12,19H,3-4,11H2,1-2H3,(H,24,25);1H. The Morgan fingerprint density at radius 1 is 1.11 bits per heavy atom. The summed E-state index contributed by atoms with van der Waals surface area (Å²) in [5.74, 6) is -0.982. The van der Waals surface area contributed by atoms with Gasteiger partial charge in [0.1, 0.15) is 18.0 Å². The normalized spacial score (nSPS) is 16.6. The molecule has 1 fully saturated rings. The third kappa shape index (κ3) is 3.96. The van der Waals surface area contributed by atoms with E-state index in [1.54, 1.807) is 7.11 Å². The van der Waals surface area contributed by atoms with Crippen molar-refractivity contribution in [2.75, 3.05) is 30.4 Å². The van der Waals surface area contributed by atoms with Crippen LogP contribution in [0.3, 0.4) is 0 Å². The lowest BCUT2D eigenvalue weighted by atomic mass is 10.2. The predicted molar refractivity (Wildman–Crippen MR) is 105 cm³/mol. The number of ether oxygens (including phenoxy) is 1. The van der Waals surface area contributed by atoms with Crippen molar-refractivity contribution in [2.24, 2.45) is 0 Å². The maximum atomic E-state index is 13.4. The molecule has 4 rings (SSSR count). The fourth-order valence-electron chi connectivity index (χ4n) is 3.42. The van der Waals surface area contributed by atoms with E-state index in [9.17, 15) is 8.78 Å². The van der Waals surface area contributed by atoms with E-state index in [0.717, 1.165) is 42.5 Å². The van der Waals surface area contributed by atoms with Crippen LogP contribution in [0.2, 0.25) is 0 Å². The van der Waals surface area contributed by atoms with Gasteiger partial charge in [-0.15, -0.1) is 5.10 Å². The Labute approximate surface area is 163 Å². The van der Waals surface area contributed by atoms with Crippen LogP contribution >= 0.6 is 0 Å². The zero-order valence-electron chi connectivity index (χ0n) is 15.7. The van der Waals surface area contributed by atoms with E-state index in [0.29, 0.717) is 5.95 Å². The number of hydrogen-bond donors (Lipinski definition) is 1. The minimum Gasteiger partial charge on any atom is -0.380 e. The highest BCUT2D eigenvalue weighted by Gasteiger charge is 2.22. The Bertz CT molecular complexity index is 977. The third-order valence-corrected chi connectivity index (χ3v) is 4.77. The lowest BCUT2D eigenvalue weighted by Crippen LogP contribution is -2.22. The lowest BCUT2D eigenvalue weighted by molar-refractivity contribution is 0.121. The molecular formula is C20H23F2N5O. The van der Waals surface area contributed by atoms with Gasteiger partial charge in [0.05, 0.1) is 11.8 Å². The molecule has 0 saturated carbocycles. The number of aromatic nitrogens is 3. The molecule has 2 aromatic carbocycles. The Morgan fingerprint density at radius 2 is 1.89 bits per heavy atom. The Balaban J connectivity index is 0.00000240. The van der Waals surface area contributed by atoms with Gasteiger partial charge in [-0.1, -0.05) is 0 Å². The number of benzene rings is 2. The van der Waals surface area contributed by atoms with Crippen LogP contribution in [0.1, 0.15) is 13.4 Å². The Kier molecular flexibility index (Phi) is 4.95. The molecule has 1 unspecified atom stereocenters. The molecule has 1 aliphatic heterocycles. The first-order chi connectivity index (χ1) is 13.5. The molecule has 8 heteroatoms. The summed E-state index contributed by atoms with van der Waals surface area (Å²) in [6, 6.07) is 9.38. The average Bonchev–Trinajstić information content (AvgIpc) is 3.29. The van der Waals surface area contributed by atoms with E-state index in [1.807, 2.05) is 19.1 Å². The SMILES string of the molecule is COC1CCN(c2cc(C)cc(Nc3ncn(-c4cc(F)cc(F)c4)n3)c2)C1.[HH]. The zero-order valence-corrected chi connectivity index (χ0v) is 15.7. The second kappa shape index (κ2) is 7.55. The van der Waals surface area contributed by atoms with Crippen LogP contribution < -0.4 is 10.2 Å². The van der Waals surface area contributed by atoms with E-state index in [-0.39, 0.29) is 13.2 Å². The van der Waals surface area contributed by atoms with Crippen molar-refractivity contribution >= 4 is 17.3 Å². The van der Waals surface area contributed by atoms with Gasteiger partial charge in [-0.25, -0.2) is 13.5 Å². The highest BCUT2D eigenvalue weighted by molar-refractivity contribution is 5.64. The van der Waals surface area contributed by atoms with Crippen molar-refractivity contribution in [2.45, 2.75) is 19.4 Å². The van der Waals surface area contributed by atoms with Gasteiger partial charge in [-0.05, 0) is 49.2 Å². The van der Waals surface area contributed by atoms with E-state index < -0.39 is 11.6 Å². The molecule has 0 spiro atoms. The molecule has 0 bridgehead atoms. The molecule has 28 heavy (non-hydrogen) atoms. The van der Waals surface area contributed by atoms with Crippen LogP contribution in [0.25, 0.3) is 5.69 Å². The lowest BCUT2D eigenvalue weighted by Gasteiger charge is -2.20. The van der Waals surface area contributed by atoms with E-state index >= 15 is 0 Å². The zero-order chi connectivity index (χ0) is 19.7. The highest BCUT2D eigenvalue weighted by Crippen LogP contribution is 2.27. The molecule has 0 radical (unpaired) electrons. The molecular weight excluding hydrogens is 364 g/mol. The number of halogens is 2. The molecule has 0 aliphatic carbocycles. The molecule has 2 heterocycles. The summed E-state index contributed by atoms with van der Waals surface area (Å²) in [7, 11) is 1.74. The number of nitrogens with one attached hydrogen (secondary N) is 1. The number of rotatable bonds is 5. The maximum absolute atomic E-state index is 13.4. The van der Waals surface area contributed by atoms with E-state index in [4.69, 9.17) is 4.74 Å². The quantitative estimate of drug-likeness (QED) is 0.715. The van der Waals surface area contributed by atoms with Crippen molar-refractivity contribution in [3.05, 3.63) is 59.9 Å². The van der Waals surface area contributed by atoms with Gasteiger partial charge in [0, 0.05) is 39.1 Å². The minimum absolute atomic E-state index is 0. The van der Waals surface area contributed by atoms with Crippen molar-refractivity contribution in [3.8, 4) is 5.69 Å². The molecule has 1 aliphatic rings. The molecule has 0 amide bonds. The first-order valence-electron chi connectivity index (χ1n) is 9.05. The van der Waals surface area contributed by atoms with Crippen LogP contribution in [0.15, 0.2) is 42.7 Å². The van der Waals surface area contributed by atoms with Crippen molar-refractivity contribution in [1.29, 1.82) is 0 Å². The van der Waals surface area contributed by atoms with Crippen molar-refractivity contribution in [3.63, 3.8) is 0 Å². The largest absolute Gasteiger partial charge is 0.380 e. The molecule has 3 aromatic rings. The van der Waals surface area contributed by atoms with Gasteiger partial charge in [0.25, 0.3) is 0 Å². The Hall–Kier alpha value is -3.00. The van der Waals surface area contributed by atoms with Gasteiger partial charge < -0.3 is 15.0 Å². The fraction of sp³-hybridized carbons (Fsp3) is 0.300. The average molecular weight is 387 g/mol. The molecule has 148 valence electrons. The number of anilines is 3. The number of nitrogens with zero attached hydrogens (tertiary/aromatic N) is 4. The molecule has 6 nitrogen and oxygen atoms in total. The van der Waals surface area contributed by atoms with Crippen LogP contribution in [-0.2, 0) is 4.74 Å². The first kappa shape index (κ1) is 18.4. The van der Waals surface area contributed by atoms with Gasteiger partial charge in [-0.2, -0.15) is 4.98 Å². The number of aryl methyl sites for hydroxylation is 1. The molecule has 1 aromatic heterocycles. The summed E-state index contributed by atoms with van der Waals surface area (Å²) in [6.07, 6.45) is 2.67. The summed E-state index contributed by atoms with van der Waals surface area (Å²) >= 11 is 0. The van der Waals surface area contributed by atoms with Gasteiger partial charge >= 0.3 is 0 Å². The highest BCUT2D eigenvalue weighted by atomic mass is 19.1. The minimum atomic E-state index is -0.664. The van der Waals surface area contributed by atoms with Crippen molar-refractivity contribution < 1.29 is 14.9 Å². The van der Waals surface area contributed by atoms with Crippen molar-refractivity contribution in [1.82, 2.24) is 14.8 Å². The fourth-order valence-corrected chi connectivity index (χ4v) is 3.42. The summed E-state index contributed by atoms with van der Waals surface area (Å²) in [5.41, 5.74) is 3.32. The second-order valence-corrected chi connectivity index (χ2v) is 6.92. The summed E-state index contributed by atoms with van der Waals surface area (Å²) in [5, 5.41) is 7.43. The van der Waals surface area contributed by atoms with Gasteiger partial charge in [-0.3, -0.25) is 0 Å². The van der Waals surface area contributed by atoms with Gasteiger partial charge in [0.2, 0.25) is 5.95 Å². The molecule has 1 atom stereocenters. The van der Waals surface area contributed by atoms with Crippen LogP contribution in [0.5, 0.6) is 0 Å². The van der Waals surface area contributed by atoms with Gasteiger partial charge in [0.15, 0.2) is 0 Å². The maximum Gasteiger partial charge on any atom is 0.246 e. The third-order valence-electron chi connectivity index (χ3n) is 4.77. The smallest absolute Gasteiger partial charge is 0.246 e. The molecule has 1 N–H and O–H groups in total. The number of hydrogen-bond acceptors (Lipinski definition) is 5. The summed E-state index contributed by atoms with van der Waals surface area (Å²) < 4.78 is 33.6. The number of methoxy groups -OCH3 is 1. The van der Waals surface area contributed by atoms with Crippen LogP contribution in [0, 0.1) is 18.6 Å². The van der Waals surface area contributed by atoms with Crippen LogP contribution in [-0.4, -0.2) is 41.1 Å². The second-order valence-electron chi connectivity index (χ2n) is 6.92. The van der Waals surface area contributed by atoms with E-state index in [1.165, 1.54) is 23.1 Å². The van der Waals surface area contributed by atoms with E-state index in [2.05, 4.69) is 26.4 Å². The summed E-state index contributed by atoms with van der Waals surface area (Å²) in [6.45, 7) is 3.83. The summed E-state index contributed by atoms with van der Waals surface area (Å²) in [4.78, 5) is 6.48. The predicted octanol–water partition coefficient (Wildman–Crippen LogP) is 4.07. The monoisotopic (exact) mass is 387 g/mol. The van der Waals surface area contributed by atoms with Crippen LogP contribution in [0.4, 0.5) is 26.1 Å². The topological polar surface area (TPSA) is 55.2 Å².